The Bertz CT molecular complexity index is 1230. The Balaban J connectivity index is 1.44. The zero-order valence-corrected chi connectivity index (χ0v) is 18.4. The van der Waals surface area contributed by atoms with E-state index in [4.69, 9.17) is 16.3 Å². The van der Waals surface area contributed by atoms with E-state index in [0.29, 0.717) is 40.2 Å². The second kappa shape index (κ2) is 8.17. The number of fused-ring (bicyclic) bond motifs is 1. The monoisotopic (exact) mass is 447 g/mol. The first kappa shape index (κ1) is 19.9. The summed E-state index contributed by atoms with van der Waals surface area (Å²) < 4.78 is 7.60. The summed E-state index contributed by atoms with van der Waals surface area (Å²) in [5.41, 5.74) is 0.902. The van der Waals surface area contributed by atoms with Crippen molar-refractivity contribution in [1.29, 1.82) is 0 Å². The van der Waals surface area contributed by atoms with Gasteiger partial charge in [0.05, 0.1) is 11.1 Å². The van der Waals surface area contributed by atoms with Gasteiger partial charge in [-0.15, -0.1) is 21.5 Å². The van der Waals surface area contributed by atoms with E-state index >= 15 is 0 Å². The van der Waals surface area contributed by atoms with Crippen molar-refractivity contribution >= 4 is 44.9 Å². The Hall–Kier alpha value is -2.36. The number of H-pyrrole nitrogens is 1. The van der Waals surface area contributed by atoms with Gasteiger partial charge < -0.3 is 14.3 Å². The van der Waals surface area contributed by atoms with Crippen LogP contribution in [-0.4, -0.2) is 24.7 Å². The fraction of sp³-hybridized carbons (Fsp3) is 0.263. The molecule has 0 aliphatic carbocycles. The summed E-state index contributed by atoms with van der Waals surface area (Å²) in [4.78, 5) is 21.8. The predicted molar refractivity (Wildman–Crippen MR) is 116 cm³/mol. The molecule has 1 N–H and O–H groups in total. The summed E-state index contributed by atoms with van der Waals surface area (Å²) in [5, 5.41) is 10.5. The van der Waals surface area contributed by atoms with Crippen molar-refractivity contribution in [2.45, 2.75) is 31.4 Å². The molecule has 0 unspecified atom stereocenters. The summed E-state index contributed by atoms with van der Waals surface area (Å²) in [6.45, 7) is 4.25. The van der Waals surface area contributed by atoms with Crippen LogP contribution >= 0.6 is 34.7 Å². The van der Waals surface area contributed by atoms with Crippen LogP contribution in [0.25, 0.3) is 10.2 Å². The van der Waals surface area contributed by atoms with Crippen LogP contribution in [0.5, 0.6) is 5.75 Å². The molecule has 0 aliphatic heterocycles. The fourth-order valence-corrected chi connectivity index (χ4v) is 4.75. The molecule has 7 nitrogen and oxygen atoms in total. The molecule has 0 saturated heterocycles. The summed E-state index contributed by atoms with van der Waals surface area (Å²) in [6.07, 6.45) is 0. The SMILES string of the molecule is Cc1sc2nc(CSc3nnc(COc4ccc(Cl)cc4)n3C)[nH]c(=O)c2c1C. The van der Waals surface area contributed by atoms with Crippen molar-refractivity contribution in [2.24, 2.45) is 7.05 Å². The highest BCUT2D eigenvalue weighted by molar-refractivity contribution is 7.98. The minimum atomic E-state index is -0.0949. The lowest BCUT2D eigenvalue weighted by molar-refractivity contribution is 0.290. The first-order valence-corrected chi connectivity index (χ1v) is 11.0. The van der Waals surface area contributed by atoms with Gasteiger partial charge in [0.1, 0.15) is 23.0 Å². The van der Waals surface area contributed by atoms with Crippen LogP contribution in [0.3, 0.4) is 0 Å². The van der Waals surface area contributed by atoms with E-state index in [0.717, 1.165) is 20.4 Å². The highest BCUT2D eigenvalue weighted by Gasteiger charge is 2.14. The number of ether oxygens (including phenoxy) is 1. The van der Waals surface area contributed by atoms with Gasteiger partial charge in [0, 0.05) is 16.9 Å². The summed E-state index contributed by atoms with van der Waals surface area (Å²) in [6, 6.07) is 7.16. The molecule has 0 saturated carbocycles. The highest BCUT2D eigenvalue weighted by Crippen LogP contribution is 2.27. The molecular weight excluding hydrogens is 430 g/mol. The van der Waals surface area contributed by atoms with Crippen molar-refractivity contribution in [3.63, 3.8) is 0 Å². The van der Waals surface area contributed by atoms with E-state index in [2.05, 4.69) is 20.2 Å². The first-order chi connectivity index (χ1) is 13.9. The number of aromatic amines is 1. The Labute approximate surface area is 180 Å². The Morgan fingerprint density at radius 1 is 1.24 bits per heavy atom. The number of thioether (sulfide) groups is 1. The number of rotatable bonds is 6. The van der Waals surface area contributed by atoms with Gasteiger partial charge in [-0.05, 0) is 43.7 Å². The van der Waals surface area contributed by atoms with Crippen molar-refractivity contribution in [1.82, 2.24) is 24.7 Å². The molecule has 4 aromatic rings. The van der Waals surface area contributed by atoms with E-state index in [-0.39, 0.29) is 5.56 Å². The van der Waals surface area contributed by atoms with Gasteiger partial charge in [-0.3, -0.25) is 4.79 Å². The molecule has 0 atom stereocenters. The van der Waals surface area contributed by atoms with E-state index in [1.165, 1.54) is 11.8 Å². The third kappa shape index (κ3) is 4.17. The maximum Gasteiger partial charge on any atom is 0.259 e. The zero-order valence-electron chi connectivity index (χ0n) is 16.0. The molecule has 4 rings (SSSR count). The molecular formula is C19H18ClN5O2S2. The molecule has 0 fully saturated rings. The van der Waals surface area contributed by atoms with Crippen LogP contribution in [0.1, 0.15) is 22.1 Å². The summed E-state index contributed by atoms with van der Waals surface area (Å²) in [7, 11) is 1.88. The molecule has 1 aromatic carbocycles. The standard InChI is InChI=1S/C19H18ClN5O2S2/c1-10-11(2)29-18-16(10)17(26)21-14(22-18)9-28-19-24-23-15(25(19)3)8-27-13-6-4-12(20)5-7-13/h4-7H,8-9H2,1-3H3,(H,21,22,26). The third-order valence-corrected chi connectivity index (χ3v) is 6.92. The van der Waals surface area contributed by atoms with E-state index < -0.39 is 0 Å². The number of nitrogens with one attached hydrogen (secondary N) is 1. The van der Waals surface area contributed by atoms with Crippen LogP contribution < -0.4 is 10.3 Å². The number of hydrogen-bond donors (Lipinski definition) is 1. The maximum absolute atomic E-state index is 12.4. The van der Waals surface area contributed by atoms with Gasteiger partial charge in [0.2, 0.25) is 0 Å². The number of benzene rings is 1. The van der Waals surface area contributed by atoms with Crippen LogP contribution in [0, 0.1) is 13.8 Å². The average molecular weight is 448 g/mol. The lowest BCUT2D eigenvalue weighted by atomic mass is 10.2. The molecule has 3 aromatic heterocycles. The largest absolute Gasteiger partial charge is 0.486 e. The fourth-order valence-electron chi connectivity index (χ4n) is 2.78. The van der Waals surface area contributed by atoms with Gasteiger partial charge in [-0.2, -0.15) is 0 Å². The number of aromatic nitrogens is 5. The van der Waals surface area contributed by atoms with Crippen LogP contribution in [-0.2, 0) is 19.4 Å². The minimum absolute atomic E-state index is 0.0949. The van der Waals surface area contributed by atoms with Gasteiger partial charge >= 0.3 is 0 Å². The molecule has 0 spiro atoms. The number of hydrogen-bond acceptors (Lipinski definition) is 7. The lowest BCUT2D eigenvalue weighted by Crippen LogP contribution is -2.11. The third-order valence-electron chi connectivity index (χ3n) is 4.53. The van der Waals surface area contributed by atoms with Gasteiger partial charge in [0.15, 0.2) is 11.0 Å². The van der Waals surface area contributed by atoms with Crippen LogP contribution in [0.15, 0.2) is 34.2 Å². The Morgan fingerprint density at radius 3 is 2.76 bits per heavy atom. The van der Waals surface area contributed by atoms with Gasteiger partial charge in [-0.1, -0.05) is 23.4 Å². The van der Waals surface area contributed by atoms with Gasteiger partial charge in [-0.25, -0.2) is 4.98 Å². The number of aryl methyl sites for hydroxylation is 2. The number of halogens is 1. The predicted octanol–water partition coefficient (Wildman–Crippen LogP) is 4.25. The lowest BCUT2D eigenvalue weighted by Gasteiger charge is -2.06. The Morgan fingerprint density at radius 2 is 2.00 bits per heavy atom. The quantitative estimate of drug-likeness (QED) is 0.444. The van der Waals surface area contributed by atoms with Crippen molar-refractivity contribution < 1.29 is 4.74 Å². The Kier molecular flexibility index (Phi) is 5.62. The smallest absolute Gasteiger partial charge is 0.259 e. The number of thiophene rings is 1. The number of nitrogens with zero attached hydrogens (tertiary/aromatic N) is 4. The second-order valence-electron chi connectivity index (χ2n) is 6.47. The summed E-state index contributed by atoms with van der Waals surface area (Å²) in [5.74, 6) is 2.52. The second-order valence-corrected chi connectivity index (χ2v) is 9.05. The van der Waals surface area contributed by atoms with Crippen LogP contribution in [0.2, 0.25) is 5.02 Å². The highest BCUT2D eigenvalue weighted by atomic mass is 35.5. The molecule has 0 bridgehead atoms. The van der Waals surface area contributed by atoms with Crippen molar-refractivity contribution in [2.75, 3.05) is 0 Å². The van der Waals surface area contributed by atoms with E-state index in [1.54, 1.807) is 35.6 Å². The van der Waals surface area contributed by atoms with Gasteiger partial charge in [0.25, 0.3) is 5.56 Å². The molecule has 10 heteroatoms. The minimum Gasteiger partial charge on any atom is -0.486 e. The molecule has 0 aliphatic rings. The molecule has 150 valence electrons. The maximum atomic E-state index is 12.4. The van der Waals surface area contributed by atoms with E-state index in [9.17, 15) is 4.79 Å². The molecule has 3 heterocycles. The van der Waals surface area contributed by atoms with Crippen molar-refractivity contribution in [3.05, 3.63) is 61.7 Å². The van der Waals surface area contributed by atoms with E-state index in [1.807, 2.05) is 25.5 Å². The zero-order chi connectivity index (χ0) is 20.5. The topological polar surface area (TPSA) is 85.7 Å². The molecule has 0 radical (unpaired) electrons. The first-order valence-electron chi connectivity index (χ1n) is 8.80. The normalized spacial score (nSPS) is 11.3. The molecule has 29 heavy (non-hydrogen) atoms. The summed E-state index contributed by atoms with van der Waals surface area (Å²) >= 11 is 8.89. The van der Waals surface area contributed by atoms with Crippen molar-refractivity contribution in [3.8, 4) is 5.75 Å². The van der Waals surface area contributed by atoms with Crippen LogP contribution in [0.4, 0.5) is 0 Å². The molecule has 0 amide bonds. The average Bonchev–Trinajstić information content (AvgIpc) is 3.19.